The molecule has 1 aromatic rings. The molecule has 0 unspecified atom stereocenters. The quantitative estimate of drug-likeness (QED) is 0.893. The molecule has 1 amide bonds. The van der Waals surface area contributed by atoms with Gasteiger partial charge in [0, 0.05) is 30.0 Å². The van der Waals surface area contributed by atoms with Crippen LogP contribution >= 0.6 is 28.3 Å². The van der Waals surface area contributed by atoms with Gasteiger partial charge in [-0.1, -0.05) is 0 Å². The van der Waals surface area contributed by atoms with Crippen LogP contribution in [0.3, 0.4) is 0 Å². The molecule has 94 valence electrons. The van der Waals surface area contributed by atoms with Gasteiger partial charge < -0.3 is 10.6 Å². The Balaban J connectivity index is 0.00000144. The summed E-state index contributed by atoms with van der Waals surface area (Å²) in [6.07, 6.45) is 0. The van der Waals surface area contributed by atoms with E-state index in [0.717, 1.165) is 13.1 Å². The van der Waals surface area contributed by atoms with E-state index in [2.05, 4.69) is 26.6 Å². The number of carbonyl (C=O) groups is 1. The van der Waals surface area contributed by atoms with E-state index in [4.69, 9.17) is 0 Å². The number of carbonyl (C=O) groups excluding carboxylic acids is 1. The molecule has 2 N–H and O–H groups in total. The first kappa shape index (κ1) is 14.4. The standard InChI is InChI=1S/C11H12BrFN2O.ClH/c12-10-2-1-8(13)3-9(10)11(16)15-6-7-4-14-5-7;/h1-3,7,14H,4-6H2,(H,15,16);1H. The Labute approximate surface area is 114 Å². The van der Waals surface area contributed by atoms with E-state index in [-0.39, 0.29) is 18.3 Å². The van der Waals surface area contributed by atoms with E-state index < -0.39 is 5.82 Å². The molecule has 0 spiro atoms. The monoisotopic (exact) mass is 322 g/mol. The molecule has 3 nitrogen and oxygen atoms in total. The van der Waals surface area contributed by atoms with E-state index in [1.165, 1.54) is 18.2 Å². The van der Waals surface area contributed by atoms with Gasteiger partial charge in [0.25, 0.3) is 5.91 Å². The highest BCUT2D eigenvalue weighted by atomic mass is 79.9. The molecular formula is C11H13BrClFN2O. The van der Waals surface area contributed by atoms with Gasteiger partial charge >= 0.3 is 0 Å². The maximum absolute atomic E-state index is 13.0. The number of rotatable bonds is 3. The maximum Gasteiger partial charge on any atom is 0.252 e. The highest BCUT2D eigenvalue weighted by Crippen LogP contribution is 2.17. The lowest BCUT2D eigenvalue weighted by molar-refractivity contribution is 0.0941. The zero-order valence-electron chi connectivity index (χ0n) is 9.00. The molecule has 1 aromatic carbocycles. The summed E-state index contributed by atoms with van der Waals surface area (Å²) < 4.78 is 13.6. The van der Waals surface area contributed by atoms with E-state index in [1.54, 1.807) is 0 Å². The SMILES string of the molecule is Cl.O=C(NCC1CNC1)c1cc(F)ccc1Br. The minimum atomic E-state index is -0.404. The summed E-state index contributed by atoms with van der Waals surface area (Å²) in [6.45, 7) is 2.50. The molecular weight excluding hydrogens is 310 g/mol. The van der Waals surface area contributed by atoms with Gasteiger partial charge in [-0.3, -0.25) is 4.79 Å². The first-order chi connectivity index (χ1) is 7.66. The number of hydrogen-bond donors (Lipinski definition) is 2. The van der Waals surface area contributed by atoms with Crippen molar-refractivity contribution < 1.29 is 9.18 Å². The summed E-state index contributed by atoms with van der Waals surface area (Å²) in [6, 6.07) is 4.09. The topological polar surface area (TPSA) is 41.1 Å². The van der Waals surface area contributed by atoms with Crippen LogP contribution in [0.1, 0.15) is 10.4 Å². The molecule has 0 aromatic heterocycles. The molecule has 0 atom stereocenters. The van der Waals surface area contributed by atoms with Crippen molar-refractivity contribution in [2.24, 2.45) is 5.92 Å². The van der Waals surface area contributed by atoms with E-state index in [1.807, 2.05) is 0 Å². The Kier molecular flexibility index (Phi) is 5.36. The number of halogens is 3. The van der Waals surface area contributed by atoms with Crippen molar-refractivity contribution in [3.63, 3.8) is 0 Å². The van der Waals surface area contributed by atoms with E-state index in [0.29, 0.717) is 22.5 Å². The van der Waals surface area contributed by atoms with Crippen LogP contribution in [0.15, 0.2) is 22.7 Å². The van der Waals surface area contributed by atoms with Gasteiger partial charge in [-0.05, 0) is 34.1 Å². The van der Waals surface area contributed by atoms with Gasteiger partial charge in [0.15, 0.2) is 0 Å². The number of amides is 1. The molecule has 6 heteroatoms. The highest BCUT2D eigenvalue weighted by molar-refractivity contribution is 9.10. The fourth-order valence-electron chi connectivity index (χ4n) is 1.50. The number of benzene rings is 1. The molecule has 0 saturated carbocycles. The van der Waals surface area contributed by atoms with Crippen molar-refractivity contribution in [1.82, 2.24) is 10.6 Å². The molecule has 2 rings (SSSR count). The zero-order chi connectivity index (χ0) is 11.5. The van der Waals surface area contributed by atoms with Crippen LogP contribution in [0, 0.1) is 11.7 Å². The fraction of sp³-hybridized carbons (Fsp3) is 0.364. The average molecular weight is 324 g/mol. The van der Waals surface area contributed by atoms with Gasteiger partial charge in [-0.15, -0.1) is 12.4 Å². The minimum absolute atomic E-state index is 0. The fourth-order valence-corrected chi connectivity index (χ4v) is 1.92. The van der Waals surface area contributed by atoms with Crippen molar-refractivity contribution in [1.29, 1.82) is 0 Å². The Morgan fingerprint density at radius 1 is 1.53 bits per heavy atom. The van der Waals surface area contributed by atoms with Crippen molar-refractivity contribution >= 4 is 34.2 Å². The number of hydrogen-bond acceptors (Lipinski definition) is 2. The third-order valence-corrected chi connectivity index (χ3v) is 3.28. The normalized spacial score (nSPS) is 14.7. The van der Waals surface area contributed by atoms with Gasteiger partial charge in [0.05, 0.1) is 5.56 Å². The molecule has 17 heavy (non-hydrogen) atoms. The van der Waals surface area contributed by atoms with Crippen molar-refractivity contribution in [3.05, 3.63) is 34.1 Å². The van der Waals surface area contributed by atoms with Gasteiger partial charge in [0.1, 0.15) is 5.82 Å². The third kappa shape index (κ3) is 3.66. The van der Waals surface area contributed by atoms with Crippen LogP contribution in [0.4, 0.5) is 4.39 Å². The van der Waals surface area contributed by atoms with E-state index in [9.17, 15) is 9.18 Å². The summed E-state index contributed by atoms with van der Waals surface area (Å²) >= 11 is 3.23. The van der Waals surface area contributed by atoms with Gasteiger partial charge in [-0.25, -0.2) is 4.39 Å². The molecule has 0 bridgehead atoms. The molecule has 1 heterocycles. The van der Waals surface area contributed by atoms with Crippen LogP contribution in [-0.2, 0) is 0 Å². The van der Waals surface area contributed by atoms with Crippen LogP contribution in [0.5, 0.6) is 0 Å². The molecule has 1 saturated heterocycles. The van der Waals surface area contributed by atoms with Crippen LogP contribution in [0.25, 0.3) is 0 Å². The molecule has 1 aliphatic rings. The number of nitrogens with one attached hydrogen (secondary N) is 2. The lowest BCUT2D eigenvalue weighted by Crippen LogP contribution is -2.48. The zero-order valence-corrected chi connectivity index (χ0v) is 11.4. The Hall–Kier alpha value is -0.650. The highest BCUT2D eigenvalue weighted by Gasteiger charge is 2.18. The van der Waals surface area contributed by atoms with Crippen molar-refractivity contribution in [3.8, 4) is 0 Å². The second-order valence-electron chi connectivity index (χ2n) is 3.86. The van der Waals surface area contributed by atoms with E-state index >= 15 is 0 Å². The molecule has 0 aliphatic carbocycles. The van der Waals surface area contributed by atoms with Gasteiger partial charge in [-0.2, -0.15) is 0 Å². The lowest BCUT2D eigenvalue weighted by Gasteiger charge is -2.27. The third-order valence-electron chi connectivity index (χ3n) is 2.59. The summed E-state index contributed by atoms with van der Waals surface area (Å²) in [4.78, 5) is 11.7. The second-order valence-corrected chi connectivity index (χ2v) is 4.71. The first-order valence-electron chi connectivity index (χ1n) is 5.11. The largest absolute Gasteiger partial charge is 0.352 e. The van der Waals surface area contributed by atoms with Crippen molar-refractivity contribution in [2.75, 3.05) is 19.6 Å². The summed E-state index contributed by atoms with van der Waals surface area (Å²) in [5.74, 6) is -0.145. The Morgan fingerprint density at radius 2 is 2.24 bits per heavy atom. The van der Waals surface area contributed by atoms with Crippen LogP contribution in [0.2, 0.25) is 0 Å². The molecule has 1 aliphatic heterocycles. The predicted octanol–water partition coefficient (Wildman–Crippen LogP) is 1.96. The summed E-state index contributed by atoms with van der Waals surface area (Å²) in [5, 5.41) is 5.92. The Morgan fingerprint density at radius 3 is 2.82 bits per heavy atom. The Bertz CT molecular complexity index is 412. The first-order valence-corrected chi connectivity index (χ1v) is 5.90. The maximum atomic E-state index is 13.0. The molecule has 0 radical (unpaired) electrons. The van der Waals surface area contributed by atoms with Crippen LogP contribution in [-0.4, -0.2) is 25.5 Å². The summed E-state index contributed by atoms with van der Waals surface area (Å²) in [5.41, 5.74) is 0.340. The average Bonchev–Trinajstić information content (AvgIpc) is 2.19. The second kappa shape index (κ2) is 6.33. The van der Waals surface area contributed by atoms with Crippen molar-refractivity contribution in [2.45, 2.75) is 0 Å². The lowest BCUT2D eigenvalue weighted by atomic mass is 10.0. The molecule has 1 fully saturated rings. The smallest absolute Gasteiger partial charge is 0.252 e. The minimum Gasteiger partial charge on any atom is -0.352 e. The summed E-state index contributed by atoms with van der Waals surface area (Å²) in [7, 11) is 0. The predicted molar refractivity (Wildman–Crippen MR) is 70.0 cm³/mol. The van der Waals surface area contributed by atoms with Crippen LogP contribution < -0.4 is 10.6 Å². The van der Waals surface area contributed by atoms with Gasteiger partial charge in [0.2, 0.25) is 0 Å².